The lowest BCUT2D eigenvalue weighted by molar-refractivity contribution is -0.139. The van der Waals surface area contributed by atoms with Crippen LogP contribution in [0.5, 0.6) is 0 Å². The number of carbonyl (C=O) groups is 2. The fourth-order valence-electron chi connectivity index (χ4n) is 2.93. The van der Waals surface area contributed by atoms with E-state index in [1.54, 1.807) is 12.4 Å². The van der Waals surface area contributed by atoms with Crippen molar-refractivity contribution in [2.24, 2.45) is 5.92 Å². The van der Waals surface area contributed by atoms with Crippen molar-refractivity contribution in [1.29, 1.82) is 0 Å². The van der Waals surface area contributed by atoms with E-state index in [2.05, 4.69) is 14.9 Å². The van der Waals surface area contributed by atoms with Crippen LogP contribution in [-0.2, 0) is 20.7 Å². The minimum absolute atomic E-state index is 0.0675. The Balaban J connectivity index is 1.54. The Morgan fingerprint density at radius 1 is 1.14 bits per heavy atom. The smallest absolute Gasteiger partial charge is 0.233 e. The number of amides is 2. The van der Waals surface area contributed by atoms with Crippen LogP contribution in [0.2, 0.25) is 0 Å². The summed E-state index contributed by atoms with van der Waals surface area (Å²) in [5, 5.41) is 0. The van der Waals surface area contributed by atoms with Crippen molar-refractivity contribution in [3.8, 4) is 0 Å². The van der Waals surface area contributed by atoms with Crippen LogP contribution in [0.15, 0.2) is 18.7 Å². The van der Waals surface area contributed by atoms with Crippen molar-refractivity contribution >= 4 is 11.8 Å². The van der Waals surface area contributed by atoms with Crippen LogP contribution in [0.3, 0.4) is 0 Å². The van der Waals surface area contributed by atoms with Crippen LogP contribution in [0.1, 0.15) is 12.0 Å². The molecule has 0 aromatic carbocycles. The lowest BCUT2D eigenvalue weighted by Gasteiger charge is -2.28. The van der Waals surface area contributed by atoms with E-state index in [9.17, 15) is 9.59 Å². The normalized spacial score (nSPS) is 23.3. The second-order valence-electron chi connectivity index (χ2n) is 5.69. The van der Waals surface area contributed by atoms with Crippen molar-refractivity contribution in [2.75, 3.05) is 39.4 Å². The zero-order valence-corrected chi connectivity index (χ0v) is 12.5. The maximum absolute atomic E-state index is 12.4. The molecule has 1 aromatic rings. The van der Waals surface area contributed by atoms with Crippen molar-refractivity contribution in [3.05, 3.63) is 24.3 Å². The number of imide groups is 1. The topological polar surface area (TPSA) is 75.6 Å². The first-order valence-corrected chi connectivity index (χ1v) is 7.62. The van der Waals surface area contributed by atoms with Gasteiger partial charge in [-0.15, -0.1) is 0 Å². The van der Waals surface area contributed by atoms with Crippen LogP contribution < -0.4 is 0 Å². The Bertz CT molecular complexity index is 531. The quantitative estimate of drug-likeness (QED) is 0.697. The molecular formula is C15H20N4O3. The number of hydrogen-bond acceptors (Lipinski definition) is 6. The highest BCUT2D eigenvalue weighted by atomic mass is 16.5. The lowest BCUT2D eigenvalue weighted by Crippen LogP contribution is -2.43. The summed E-state index contributed by atoms with van der Waals surface area (Å²) in [5.41, 5.74) is 0.892. The molecule has 2 saturated heterocycles. The summed E-state index contributed by atoms with van der Waals surface area (Å²) in [6.45, 7) is 4.36. The van der Waals surface area contributed by atoms with Gasteiger partial charge in [0, 0.05) is 45.0 Å². The molecule has 0 bridgehead atoms. The molecule has 0 aliphatic carbocycles. The van der Waals surface area contributed by atoms with E-state index in [-0.39, 0.29) is 24.2 Å². The van der Waals surface area contributed by atoms with Gasteiger partial charge in [-0.2, -0.15) is 0 Å². The molecule has 7 nitrogen and oxygen atoms in total. The third kappa shape index (κ3) is 3.48. The van der Waals surface area contributed by atoms with E-state index in [4.69, 9.17) is 4.74 Å². The van der Waals surface area contributed by atoms with Crippen LogP contribution in [0, 0.1) is 5.92 Å². The largest absolute Gasteiger partial charge is 0.379 e. The molecule has 0 N–H and O–H groups in total. The SMILES string of the molecule is O=C1CC(Cc2cncnc2)C(=O)N1CCN1CCOCC1. The summed E-state index contributed by atoms with van der Waals surface area (Å²) in [5.74, 6) is -0.412. The molecule has 2 aliphatic heterocycles. The molecule has 1 aromatic heterocycles. The Hall–Kier alpha value is -1.86. The Morgan fingerprint density at radius 3 is 2.59 bits per heavy atom. The Morgan fingerprint density at radius 2 is 1.86 bits per heavy atom. The number of aromatic nitrogens is 2. The molecule has 2 fully saturated rings. The molecule has 0 saturated carbocycles. The lowest BCUT2D eigenvalue weighted by atomic mass is 10.00. The number of carbonyl (C=O) groups excluding carboxylic acids is 2. The number of morpholine rings is 1. The second kappa shape index (κ2) is 6.93. The van der Waals surface area contributed by atoms with Gasteiger partial charge < -0.3 is 4.74 Å². The van der Waals surface area contributed by atoms with Gasteiger partial charge >= 0.3 is 0 Å². The third-order valence-electron chi connectivity index (χ3n) is 4.18. The molecule has 2 amide bonds. The first kappa shape index (κ1) is 15.1. The average Bonchev–Trinajstić information content (AvgIpc) is 2.81. The maximum Gasteiger partial charge on any atom is 0.233 e. The second-order valence-corrected chi connectivity index (χ2v) is 5.69. The summed E-state index contributed by atoms with van der Waals surface area (Å²) in [6, 6.07) is 0. The molecule has 3 heterocycles. The molecule has 118 valence electrons. The van der Waals surface area contributed by atoms with Gasteiger partial charge in [-0.25, -0.2) is 9.97 Å². The summed E-state index contributed by atoms with van der Waals surface area (Å²) in [6.07, 6.45) is 5.67. The molecule has 22 heavy (non-hydrogen) atoms. The van der Waals surface area contributed by atoms with Crippen LogP contribution in [0.25, 0.3) is 0 Å². The van der Waals surface area contributed by atoms with E-state index < -0.39 is 0 Å². The number of nitrogens with zero attached hydrogens (tertiary/aromatic N) is 4. The van der Waals surface area contributed by atoms with Crippen LogP contribution in [0.4, 0.5) is 0 Å². The molecule has 7 heteroatoms. The first-order chi connectivity index (χ1) is 10.7. The van der Waals surface area contributed by atoms with Crippen LogP contribution in [-0.4, -0.2) is 71.0 Å². The summed E-state index contributed by atoms with van der Waals surface area (Å²) >= 11 is 0. The zero-order chi connectivity index (χ0) is 15.4. The molecule has 0 spiro atoms. The number of rotatable bonds is 5. The number of ether oxygens (including phenoxy) is 1. The summed E-state index contributed by atoms with van der Waals surface area (Å²) in [4.78, 5) is 36.0. The highest BCUT2D eigenvalue weighted by molar-refractivity contribution is 6.03. The third-order valence-corrected chi connectivity index (χ3v) is 4.18. The summed E-state index contributed by atoms with van der Waals surface area (Å²) < 4.78 is 5.30. The highest BCUT2D eigenvalue weighted by Crippen LogP contribution is 2.23. The number of likely N-dealkylation sites (tertiary alicyclic amines) is 1. The van der Waals surface area contributed by atoms with Gasteiger partial charge in [0.05, 0.1) is 19.1 Å². The molecule has 1 atom stereocenters. The van der Waals surface area contributed by atoms with Crippen molar-refractivity contribution in [2.45, 2.75) is 12.8 Å². The van der Waals surface area contributed by atoms with Crippen molar-refractivity contribution in [1.82, 2.24) is 19.8 Å². The average molecular weight is 304 g/mol. The first-order valence-electron chi connectivity index (χ1n) is 7.62. The fraction of sp³-hybridized carbons (Fsp3) is 0.600. The molecule has 2 aliphatic rings. The zero-order valence-electron chi connectivity index (χ0n) is 12.5. The maximum atomic E-state index is 12.4. The Labute approximate surface area is 129 Å². The van der Waals surface area contributed by atoms with Gasteiger partial charge in [0.15, 0.2) is 0 Å². The molecule has 3 rings (SSSR count). The van der Waals surface area contributed by atoms with Gasteiger partial charge in [-0.1, -0.05) is 0 Å². The van der Waals surface area contributed by atoms with E-state index >= 15 is 0 Å². The highest BCUT2D eigenvalue weighted by Gasteiger charge is 2.38. The van der Waals surface area contributed by atoms with Crippen molar-refractivity contribution in [3.63, 3.8) is 0 Å². The van der Waals surface area contributed by atoms with E-state index in [0.29, 0.717) is 13.0 Å². The van der Waals surface area contributed by atoms with Gasteiger partial charge in [0.1, 0.15) is 6.33 Å². The van der Waals surface area contributed by atoms with Crippen molar-refractivity contribution < 1.29 is 14.3 Å². The minimum atomic E-state index is -0.275. The number of hydrogen-bond donors (Lipinski definition) is 0. The molecule has 0 radical (unpaired) electrons. The monoisotopic (exact) mass is 304 g/mol. The van der Waals surface area contributed by atoms with Gasteiger partial charge in [0.25, 0.3) is 0 Å². The summed E-state index contributed by atoms with van der Waals surface area (Å²) in [7, 11) is 0. The molecular weight excluding hydrogens is 284 g/mol. The molecule has 1 unspecified atom stereocenters. The predicted octanol–water partition coefficient (Wildman–Crippen LogP) is -0.274. The van der Waals surface area contributed by atoms with E-state index in [1.165, 1.54) is 11.2 Å². The predicted molar refractivity (Wildman–Crippen MR) is 77.8 cm³/mol. The van der Waals surface area contributed by atoms with Gasteiger partial charge in [0.2, 0.25) is 11.8 Å². The van der Waals surface area contributed by atoms with Gasteiger partial charge in [-0.05, 0) is 12.0 Å². The Kier molecular flexibility index (Phi) is 4.74. The van der Waals surface area contributed by atoms with E-state index in [1.807, 2.05) is 0 Å². The minimum Gasteiger partial charge on any atom is -0.379 e. The van der Waals surface area contributed by atoms with Crippen LogP contribution >= 0.6 is 0 Å². The van der Waals surface area contributed by atoms with Gasteiger partial charge in [-0.3, -0.25) is 19.4 Å². The fourth-order valence-corrected chi connectivity index (χ4v) is 2.93. The standard InChI is InChI=1S/C15H20N4O3/c20-14-8-13(7-12-9-16-11-17-10-12)15(21)19(14)2-1-18-3-5-22-6-4-18/h9-11,13H,1-8H2. The van der Waals surface area contributed by atoms with E-state index in [0.717, 1.165) is 38.4 Å².